The van der Waals surface area contributed by atoms with E-state index in [-0.39, 0.29) is 38.2 Å². The van der Waals surface area contributed by atoms with E-state index in [2.05, 4.69) is 16.0 Å². The van der Waals surface area contributed by atoms with E-state index in [1.807, 2.05) is 109 Å². The molecule has 3 amide bonds. The summed E-state index contributed by atoms with van der Waals surface area (Å²) in [5.41, 5.74) is 5.21. The highest BCUT2D eigenvalue weighted by molar-refractivity contribution is 5.94. The van der Waals surface area contributed by atoms with Crippen LogP contribution in [-0.2, 0) is 36.7 Å². The van der Waals surface area contributed by atoms with Crippen LogP contribution in [0.5, 0.6) is 0 Å². The number of nitrogens with one attached hydrogen (secondary N) is 3. The van der Waals surface area contributed by atoms with E-state index in [0.29, 0.717) is 19.4 Å². The molecule has 0 fully saturated rings. The number of carbonyl (C=O) groups excluding carboxylic acids is 4. The number of carboxylic acids is 1. The molecule has 5 rings (SSSR count). The van der Waals surface area contributed by atoms with Crippen molar-refractivity contribution >= 4 is 29.8 Å². The Morgan fingerprint density at radius 3 is 1.77 bits per heavy atom. The fraction of sp³-hybridized carbons (Fsp3) is 0.356. The van der Waals surface area contributed by atoms with Gasteiger partial charge in [-0.2, -0.15) is 0 Å². The quantitative estimate of drug-likeness (QED) is 0.0774. The van der Waals surface area contributed by atoms with E-state index in [4.69, 9.17) is 9.47 Å². The smallest absolute Gasteiger partial charge is 0.407 e. The number of amides is 3. The van der Waals surface area contributed by atoms with Gasteiger partial charge in [0.2, 0.25) is 5.91 Å². The third kappa shape index (κ3) is 12.0. The summed E-state index contributed by atoms with van der Waals surface area (Å²) in [6, 6.07) is 32.2. The molecule has 1 aliphatic rings. The summed E-state index contributed by atoms with van der Waals surface area (Å²) in [4.78, 5) is 65.7. The van der Waals surface area contributed by atoms with Crippen molar-refractivity contribution in [3.63, 3.8) is 0 Å². The highest BCUT2D eigenvalue weighted by atomic mass is 16.6. The second-order valence-electron chi connectivity index (χ2n) is 15.1. The molecule has 3 atom stereocenters. The SMILES string of the molecule is CC(C)(C)OC(=O)NCCCC[C@H](CC(=O)[C@H](Cc1ccccc1)NC(=O)[C@@H](Cc1ccccc1)NC(=O)OCC1c2ccccc2-c2ccccc21)C(=O)O. The number of fused-ring (bicyclic) bond motifs is 3. The Hall–Kier alpha value is -5.97. The number of aliphatic carboxylic acids is 1. The van der Waals surface area contributed by atoms with E-state index >= 15 is 0 Å². The van der Waals surface area contributed by atoms with Gasteiger partial charge in [0.25, 0.3) is 0 Å². The number of alkyl carbamates (subject to hydrolysis) is 2. The van der Waals surface area contributed by atoms with Gasteiger partial charge in [0.05, 0.1) is 12.0 Å². The first-order valence-electron chi connectivity index (χ1n) is 19.1. The number of benzene rings is 4. The topological polar surface area (TPSA) is 160 Å². The van der Waals surface area contributed by atoms with Crippen LogP contribution in [0.4, 0.5) is 9.59 Å². The molecule has 1 aliphatic carbocycles. The lowest BCUT2D eigenvalue weighted by molar-refractivity contribution is -0.144. The van der Waals surface area contributed by atoms with E-state index < -0.39 is 53.4 Å². The molecule has 11 heteroatoms. The van der Waals surface area contributed by atoms with Crippen LogP contribution in [0, 0.1) is 5.92 Å². The predicted octanol–water partition coefficient (Wildman–Crippen LogP) is 7.22. The van der Waals surface area contributed by atoms with Crippen molar-refractivity contribution in [2.45, 2.75) is 82.9 Å². The first-order chi connectivity index (χ1) is 26.9. The van der Waals surface area contributed by atoms with E-state index in [1.165, 1.54) is 0 Å². The lowest BCUT2D eigenvalue weighted by Crippen LogP contribution is -2.53. The van der Waals surface area contributed by atoms with Crippen LogP contribution in [0.2, 0.25) is 0 Å². The Kier molecular flexibility index (Phi) is 14.4. The van der Waals surface area contributed by atoms with Crippen LogP contribution in [0.3, 0.4) is 0 Å². The van der Waals surface area contributed by atoms with Gasteiger partial charge in [0.1, 0.15) is 18.2 Å². The molecular formula is C45H51N3O8. The monoisotopic (exact) mass is 761 g/mol. The summed E-state index contributed by atoms with van der Waals surface area (Å²) in [7, 11) is 0. The van der Waals surface area contributed by atoms with Crippen LogP contribution >= 0.6 is 0 Å². The fourth-order valence-corrected chi connectivity index (χ4v) is 6.93. The predicted molar refractivity (Wildman–Crippen MR) is 213 cm³/mol. The molecular weight excluding hydrogens is 711 g/mol. The van der Waals surface area contributed by atoms with Crippen molar-refractivity contribution in [1.82, 2.24) is 16.0 Å². The van der Waals surface area contributed by atoms with Crippen molar-refractivity contribution in [3.8, 4) is 11.1 Å². The van der Waals surface area contributed by atoms with Gasteiger partial charge in [-0.1, -0.05) is 116 Å². The summed E-state index contributed by atoms with van der Waals surface area (Å²) in [6.45, 7) is 5.64. The summed E-state index contributed by atoms with van der Waals surface area (Å²) in [5.74, 6) is -3.34. The molecule has 0 saturated carbocycles. The van der Waals surface area contributed by atoms with Gasteiger partial charge in [-0.25, -0.2) is 9.59 Å². The van der Waals surface area contributed by atoms with Crippen LogP contribution < -0.4 is 16.0 Å². The largest absolute Gasteiger partial charge is 0.481 e. The average molecular weight is 762 g/mol. The molecule has 0 saturated heterocycles. The maximum atomic E-state index is 14.1. The Bertz CT molecular complexity index is 1920. The lowest BCUT2D eigenvalue weighted by atomic mass is 9.91. The molecule has 0 aromatic heterocycles. The third-order valence-corrected chi connectivity index (χ3v) is 9.67. The number of ketones is 1. The standard InChI is InChI=1S/C45H51N3O8/c1-45(2,3)56-43(53)46-25-15-14-20-32(42(51)52)28-40(49)38(26-30-16-6-4-7-17-30)47-41(50)39(27-31-18-8-5-9-19-31)48-44(54)55-29-37-35-23-12-10-21-33(35)34-22-11-13-24-36(34)37/h4-13,16-19,21-24,32,37-39H,14-15,20,25-29H2,1-3H3,(H,46,53)(H,47,50)(H,48,54)(H,51,52)/t32-,38+,39-/m1/s1. The maximum Gasteiger partial charge on any atom is 0.407 e. The Morgan fingerprint density at radius 1 is 0.679 bits per heavy atom. The number of ether oxygens (including phenoxy) is 2. The average Bonchev–Trinajstić information content (AvgIpc) is 3.49. The molecule has 4 aromatic rings. The number of hydrogen-bond acceptors (Lipinski definition) is 7. The van der Waals surface area contributed by atoms with Crippen LogP contribution in [0.25, 0.3) is 11.1 Å². The summed E-state index contributed by atoms with van der Waals surface area (Å²) >= 11 is 0. The molecule has 0 spiro atoms. The molecule has 0 bridgehead atoms. The number of Topliss-reactive ketones (excluding diaryl/α,β-unsaturated/α-hetero) is 1. The van der Waals surface area contributed by atoms with Crippen molar-refractivity contribution in [3.05, 3.63) is 131 Å². The minimum atomic E-state index is -1.12. The molecule has 0 heterocycles. The molecule has 0 unspecified atom stereocenters. The minimum Gasteiger partial charge on any atom is -0.481 e. The molecule has 11 nitrogen and oxygen atoms in total. The van der Waals surface area contributed by atoms with Gasteiger partial charge in [0.15, 0.2) is 5.78 Å². The minimum absolute atomic E-state index is 0.0578. The van der Waals surface area contributed by atoms with Crippen molar-refractivity contribution in [1.29, 1.82) is 0 Å². The normalized spacial score (nSPS) is 13.6. The zero-order valence-electron chi connectivity index (χ0n) is 32.2. The molecule has 56 heavy (non-hydrogen) atoms. The zero-order valence-corrected chi connectivity index (χ0v) is 32.2. The van der Waals surface area contributed by atoms with Gasteiger partial charge in [-0.15, -0.1) is 0 Å². The summed E-state index contributed by atoms with van der Waals surface area (Å²) < 4.78 is 11.0. The number of unbranched alkanes of at least 4 members (excludes halogenated alkanes) is 1. The highest BCUT2D eigenvalue weighted by Crippen LogP contribution is 2.44. The second-order valence-corrected chi connectivity index (χ2v) is 15.1. The molecule has 0 aliphatic heterocycles. The molecule has 294 valence electrons. The van der Waals surface area contributed by atoms with Gasteiger partial charge < -0.3 is 30.5 Å². The lowest BCUT2D eigenvalue weighted by Gasteiger charge is -2.24. The Morgan fingerprint density at radius 2 is 1.21 bits per heavy atom. The molecule has 4 N–H and O–H groups in total. The zero-order chi connectivity index (χ0) is 40.1. The van der Waals surface area contributed by atoms with Gasteiger partial charge >= 0.3 is 18.2 Å². The van der Waals surface area contributed by atoms with Crippen molar-refractivity contribution < 1.29 is 38.6 Å². The van der Waals surface area contributed by atoms with Crippen LogP contribution in [0.1, 0.15) is 74.6 Å². The van der Waals surface area contributed by atoms with Crippen molar-refractivity contribution in [2.75, 3.05) is 13.2 Å². The van der Waals surface area contributed by atoms with Crippen LogP contribution in [-0.4, -0.2) is 65.8 Å². The maximum absolute atomic E-state index is 14.1. The molecule has 4 aromatic carbocycles. The van der Waals surface area contributed by atoms with Gasteiger partial charge in [0, 0.05) is 25.3 Å². The third-order valence-electron chi connectivity index (χ3n) is 9.67. The van der Waals surface area contributed by atoms with Gasteiger partial charge in [-0.05, 0) is 73.4 Å². The first-order valence-corrected chi connectivity index (χ1v) is 19.1. The number of carboxylic acid groups (broad SMARTS) is 1. The highest BCUT2D eigenvalue weighted by Gasteiger charge is 2.32. The number of rotatable bonds is 18. The van der Waals surface area contributed by atoms with Crippen molar-refractivity contribution in [2.24, 2.45) is 5.92 Å². The molecule has 0 radical (unpaired) electrons. The second kappa shape index (κ2) is 19.6. The van der Waals surface area contributed by atoms with Gasteiger partial charge in [-0.3, -0.25) is 14.4 Å². The van der Waals surface area contributed by atoms with E-state index in [0.717, 1.165) is 33.4 Å². The number of carbonyl (C=O) groups is 5. The fourth-order valence-electron chi connectivity index (χ4n) is 6.93. The summed E-state index contributed by atoms with van der Waals surface area (Å²) in [5, 5.41) is 18.3. The Balaban J connectivity index is 1.25. The van der Waals surface area contributed by atoms with Crippen LogP contribution in [0.15, 0.2) is 109 Å². The van der Waals surface area contributed by atoms with E-state index in [1.54, 1.807) is 20.8 Å². The van der Waals surface area contributed by atoms with E-state index in [9.17, 15) is 29.1 Å². The number of hydrogen-bond donors (Lipinski definition) is 4. The summed E-state index contributed by atoms with van der Waals surface area (Å²) in [6.07, 6.45) is -0.262. The Labute approximate surface area is 328 Å². The first kappa shape index (κ1) is 41.2.